The van der Waals surface area contributed by atoms with Crippen LogP contribution in [0.15, 0.2) is 29.0 Å². The maximum absolute atomic E-state index is 4.06. The molecule has 0 saturated carbocycles. The molecule has 0 aliphatic carbocycles. The van der Waals surface area contributed by atoms with E-state index in [2.05, 4.69) is 40.5 Å². The summed E-state index contributed by atoms with van der Waals surface area (Å²) < 4.78 is 0. The normalized spacial score (nSPS) is 17.4. The number of nitrogens with one attached hydrogen (secondary N) is 1. The van der Waals surface area contributed by atoms with Gasteiger partial charge < -0.3 is 5.32 Å². The molecular weight excluding hydrogens is 287 g/mol. The maximum atomic E-state index is 4.06. The van der Waals surface area contributed by atoms with E-state index in [1.807, 2.05) is 0 Å². The lowest BCUT2D eigenvalue weighted by Crippen LogP contribution is -2.45. The molecular formula is C13H22Cl2N2S. The molecule has 1 fully saturated rings. The van der Waals surface area contributed by atoms with Gasteiger partial charge in [0.25, 0.3) is 0 Å². The van der Waals surface area contributed by atoms with Gasteiger partial charge in [-0.25, -0.2) is 0 Å². The molecule has 1 saturated heterocycles. The van der Waals surface area contributed by atoms with Crippen molar-refractivity contribution in [1.82, 2.24) is 10.2 Å². The van der Waals surface area contributed by atoms with E-state index < -0.39 is 0 Å². The molecule has 0 unspecified atom stereocenters. The Bertz CT molecular complexity index is 335. The molecule has 0 bridgehead atoms. The topological polar surface area (TPSA) is 15.3 Å². The summed E-state index contributed by atoms with van der Waals surface area (Å²) in [6, 6.07) is 2.78. The van der Waals surface area contributed by atoms with Crippen LogP contribution in [0.5, 0.6) is 0 Å². The largest absolute Gasteiger partial charge is 0.314 e. The Kier molecular flexibility index (Phi) is 8.91. The number of halogens is 2. The SMILES string of the molecule is C=C(C)C[C@H](c1ccsc1)N1CCNCC1.Cl.Cl. The number of thiophene rings is 1. The van der Waals surface area contributed by atoms with Crippen molar-refractivity contribution in [2.75, 3.05) is 26.2 Å². The van der Waals surface area contributed by atoms with Crippen LogP contribution in [0.25, 0.3) is 0 Å². The number of nitrogens with zero attached hydrogens (tertiary/aromatic N) is 1. The highest BCUT2D eigenvalue weighted by atomic mass is 35.5. The summed E-state index contributed by atoms with van der Waals surface area (Å²) in [4.78, 5) is 2.58. The lowest BCUT2D eigenvalue weighted by molar-refractivity contribution is 0.173. The second-order valence-electron chi connectivity index (χ2n) is 4.52. The van der Waals surface area contributed by atoms with Crippen LogP contribution in [-0.4, -0.2) is 31.1 Å². The van der Waals surface area contributed by atoms with Gasteiger partial charge in [-0.3, -0.25) is 4.90 Å². The first-order chi connectivity index (χ1) is 7.77. The van der Waals surface area contributed by atoms with E-state index in [0.717, 1.165) is 32.6 Å². The minimum Gasteiger partial charge on any atom is -0.314 e. The highest BCUT2D eigenvalue weighted by molar-refractivity contribution is 7.07. The fraction of sp³-hybridized carbons (Fsp3) is 0.538. The first kappa shape index (κ1) is 17.9. The number of piperazine rings is 1. The lowest BCUT2D eigenvalue weighted by atomic mass is 10.0. The molecule has 0 amide bonds. The molecule has 1 aliphatic heterocycles. The molecule has 2 heterocycles. The molecule has 5 heteroatoms. The van der Waals surface area contributed by atoms with E-state index in [1.165, 1.54) is 11.1 Å². The Labute approximate surface area is 126 Å². The van der Waals surface area contributed by atoms with Gasteiger partial charge in [0.05, 0.1) is 0 Å². The van der Waals surface area contributed by atoms with Crippen molar-refractivity contribution in [2.24, 2.45) is 0 Å². The molecule has 1 atom stereocenters. The smallest absolute Gasteiger partial charge is 0.0394 e. The molecule has 2 rings (SSSR count). The Morgan fingerprint density at radius 2 is 2.11 bits per heavy atom. The third-order valence-corrected chi connectivity index (χ3v) is 3.76. The highest BCUT2D eigenvalue weighted by Gasteiger charge is 2.22. The molecule has 0 spiro atoms. The summed E-state index contributed by atoms with van der Waals surface area (Å²) in [6.07, 6.45) is 1.08. The first-order valence-electron chi connectivity index (χ1n) is 5.88. The van der Waals surface area contributed by atoms with E-state index in [0.29, 0.717) is 6.04 Å². The summed E-state index contributed by atoms with van der Waals surface area (Å²) in [7, 11) is 0. The zero-order chi connectivity index (χ0) is 11.4. The minimum absolute atomic E-state index is 0. The van der Waals surface area contributed by atoms with Crippen LogP contribution in [0, 0.1) is 0 Å². The van der Waals surface area contributed by atoms with Crippen molar-refractivity contribution in [3.63, 3.8) is 0 Å². The van der Waals surface area contributed by atoms with Crippen LogP contribution in [0.1, 0.15) is 24.9 Å². The summed E-state index contributed by atoms with van der Waals surface area (Å²) in [6.45, 7) is 10.7. The van der Waals surface area contributed by atoms with E-state index in [4.69, 9.17) is 0 Å². The van der Waals surface area contributed by atoms with Gasteiger partial charge in [0, 0.05) is 32.2 Å². The fourth-order valence-corrected chi connectivity index (χ4v) is 2.95. The van der Waals surface area contributed by atoms with Crippen LogP contribution in [0.2, 0.25) is 0 Å². The molecule has 1 aromatic rings. The predicted octanol–water partition coefficient (Wildman–Crippen LogP) is 3.50. The van der Waals surface area contributed by atoms with Gasteiger partial charge >= 0.3 is 0 Å². The molecule has 1 aromatic heterocycles. The standard InChI is InChI=1S/C13H20N2S.2ClH/c1-11(2)9-13(12-3-8-16-10-12)15-6-4-14-5-7-15;;/h3,8,10,13-14H,1,4-7,9H2,2H3;2*1H/t13-;;/m1../s1. The van der Waals surface area contributed by atoms with Gasteiger partial charge in [0.2, 0.25) is 0 Å². The van der Waals surface area contributed by atoms with Gasteiger partial charge in [-0.2, -0.15) is 11.3 Å². The van der Waals surface area contributed by atoms with Crippen LogP contribution in [-0.2, 0) is 0 Å². The monoisotopic (exact) mass is 308 g/mol. The van der Waals surface area contributed by atoms with Crippen molar-refractivity contribution in [3.8, 4) is 0 Å². The summed E-state index contributed by atoms with van der Waals surface area (Å²) in [5.41, 5.74) is 2.73. The average Bonchev–Trinajstić information content (AvgIpc) is 2.80. The number of hydrogen-bond donors (Lipinski definition) is 1. The summed E-state index contributed by atoms with van der Waals surface area (Å²) in [5, 5.41) is 7.85. The van der Waals surface area contributed by atoms with Crippen LogP contribution in [0.4, 0.5) is 0 Å². The first-order valence-corrected chi connectivity index (χ1v) is 6.83. The molecule has 2 nitrogen and oxygen atoms in total. The van der Waals surface area contributed by atoms with E-state index in [9.17, 15) is 0 Å². The van der Waals surface area contributed by atoms with Crippen LogP contribution in [0.3, 0.4) is 0 Å². The number of hydrogen-bond acceptors (Lipinski definition) is 3. The van der Waals surface area contributed by atoms with Crippen molar-refractivity contribution in [1.29, 1.82) is 0 Å². The van der Waals surface area contributed by atoms with E-state index >= 15 is 0 Å². The third kappa shape index (κ3) is 4.90. The van der Waals surface area contributed by atoms with Gasteiger partial charge in [0.15, 0.2) is 0 Å². The van der Waals surface area contributed by atoms with Crippen molar-refractivity contribution in [3.05, 3.63) is 34.5 Å². The maximum Gasteiger partial charge on any atom is 0.0394 e. The number of rotatable bonds is 4. The Hall–Kier alpha value is -0.0600. The molecule has 0 aromatic carbocycles. The van der Waals surface area contributed by atoms with Crippen LogP contribution >= 0.6 is 36.2 Å². The van der Waals surface area contributed by atoms with Gasteiger partial charge in [-0.1, -0.05) is 5.57 Å². The molecule has 104 valence electrons. The molecule has 1 aliphatic rings. The minimum atomic E-state index is 0. The van der Waals surface area contributed by atoms with Gasteiger partial charge in [-0.15, -0.1) is 31.4 Å². The average molecular weight is 309 g/mol. The lowest BCUT2D eigenvalue weighted by Gasteiger charge is -2.35. The Morgan fingerprint density at radius 1 is 1.44 bits per heavy atom. The summed E-state index contributed by atoms with van der Waals surface area (Å²) in [5.74, 6) is 0. The van der Waals surface area contributed by atoms with Crippen molar-refractivity contribution in [2.45, 2.75) is 19.4 Å². The zero-order valence-electron chi connectivity index (χ0n) is 10.7. The van der Waals surface area contributed by atoms with Gasteiger partial charge in [-0.05, 0) is 35.7 Å². The quantitative estimate of drug-likeness (QED) is 0.856. The molecule has 0 radical (unpaired) electrons. The molecule has 18 heavy (non-hydrogen) atoms. The fourth-order valence-electron chi connectivity index (χ4n) is 2.25. The second kappa shape index (κ2) is 8.94. The van der Waals surface area contributed by atoms with Crippen LogP contribution < -0.4 is 5.32 Å². The highest BCUT2D eigenvalue weighted by Crippen LogP contribution is 2.28. The van der Waals surface area contributed by atoms with Crippen molar-refractivity contribution < 1.29 is 0 Å². The second-order valence-corrected chi connectivity index (χ2v) is 5.30. The van der Waals surface area contributed by atoms with E-state index in [1.54, 1.807) is 11.3 Å². The summed E-state index contributed by atoms with van der Waals surface area (Å²) >= 11 is 1.79. The Morgan fingerprint density at radius 3 is 2.61 bits per heavy atom. The van der Waals surface area contributed by atoms with Crippen molar-refractivity contribution >= 4 is 36.2 Å². The van der Waals surface area contributed by atoms with Gasteiger partial charge in [0.1, 0.15) is 0 Å². The molecule has 1 N–H and O–H groups in total. The third-order valence-electron chi connectivity index (χ3n) is 3.06. The van der Waals surface area contributed by atoms with E-state index in [-0.39, 0.29) is 24.8 Å². The zero-order valence-corrected chi connectivity index (χ0v) is 13.2. The Balaban J connectivity index is 0.00000144. The predicted molar refractivity (Wildman–Crippen MR) is 85.4 cm³/mol.